The fraction of sp³-hybridized carbons (Fsp3) is 0.733. The lowest BCUT2D eigenvalue weighted by atomic mass is 10.1. The van der Waals surface area contributed by atoms with Gasteiger partial charge >= 0.3 is 0 Å². The van der Waals surface area contributed by atoms with Crippen molar-refractivity contribution in [3.8, 4) is 0 Å². The van der Waals surface area contributed by atoms with E-state index in [0.29, 0.717) is 24.8 Å². The van der Waals surface area contributed by atoms with Crippen molar-refractivity contribution in [3.05, 3.63) is 17.5 Å². The Hall–Kier alpha value is -1.40. The number of hydrogen-bond acceptors (Lipinski definition) is 5. The third-order valence-electron chi connectivity index (χ3n) is 3.89. The maximum absolute atomic E-state index is 11.9. The molecule has 118 valence electrons. The summed E-state index contributed by atoms with van der Waals surface area (Å²) in [6, 6.07) is 2.30. The molecule has 2 heterocycles. The van der Waals surface area contributed by atoms with Gasteiger partial charge in [0.25, 0.3) is 0 Å². The van der Waals surface area contributed by atoms with Crippen molar-refractivity contribution in [1.82, 2.24) is 15.4 Å². The first-order chi connectivity index (χ1) is 10.2. The minimum absolute atomic E-state index is 0.0598. The zero-order valence-corrected chi connectivity index (χ0v) is 12.9. The molecule has 1 aromatic rings. The minimum Gasteiger partial charge on any atom is -0.379 e. The van der Waals surface area contributed by atoms with Gasteiger partial charge in [-0.3, -0.25) is 9.69 Å². The molecular weight excluding hydrogens is 270 g/mol. The predicted molar refractivity (Wildman–Crippen MR) is 78.8 cm³/mol. The summed E-state index contributed by atoms with van der Waals surface area (Å²) in [7, 11) is 0. The van der Waals surface area contributed by atoms with Gasteiger partial charge in [0.05, 0.1) is 25.5 Å². The van der Waals surface area contributed by atoms with Crippen LogP contribution in [0.4, 0.5) is 0 Å². The molecule has 1 amide bonds. The van der Waals surface area contributed by atoms with E-state index in [1.54, 1.807) is 0 Å². The zero-order chi connectivity index (χ0) is 15.1. The Morgan fingerprint density at radius 2 is 2.24 bits per heavy atom. The molecule has 0 saturated carbocycles. The van der Waals surface area contributed by atoms with Gasteiger partial charge in [0, 0.05) is 31.6 Å². The molecule has 0 radical (unpaired) electrons. The van der Waals surface area contributed by atoms with Gasteiger partial charge in [0.1, 0.15) is 0 Å². The van der Waals surface area contributed by atoms with Crippen molar-refractivity contribution in [2.24, 2.45) is 0 Å². The highest BCUT2D eigenvalue weighted by Crippen LogP contribution is 2.09. The molecule has 0 spiro atoms. The van der Waals surface area contributed by atoms with Crippen LogP contribution >= 0.6 is 0 Å². The molecule has 1 fully saturated rings. The second kappa shape index (κ2) is 8.14. The molecule has 1 N–H and O–H groups in total. The van der Waals surface area contributed by atoms with E-state index < -0.39 is 0 Å². The van der Waals surface area contributed by atoms with Crippen LogP contribution in [0, 0.1) is 0 Å². The Bertz CT molecular complexity index is 441. The molecule has 0 aromatic carbocycles. The van der Waals surface area contributed by atoms with E-state index in [4.69, 9.17) is 9.26 Å². The summed E-state index contributed by atoms with van der Waals surface area (Å²) in [5, 5.41) is 6.78. The standard InChI is InChI=1S/C15H25N3O3/c1-3-13-10-14(21-17-13)11-16-15(19)5-4-12(2)18-6-8-20-9-7-18/h10,12H,3-9,11H2,1-2H3,(H,16,19). The summed E-state index contributed by atoms with van der Waals surface area (Å²) in [4.78, 5) is 14.2. The third-order valence-corrected chi connectivity index (χ3v) is 3.89. The Balaban J connectivity index is 1.64. The maximum Gasteiger partial charge on any atom is 0.220 e. The Labute approximate surface area is 125 Å². The fourth-order valence-corrected chi connectivity index (χ4v) is 2.42. The SMILES string of the molecule is CCc1cc(CNC(=O)CCC(C)N2CCOCC2)on1. The molecule has 0 aliphatic carbocycles. The summed E-state index contributed by atoms with van der Waals surface area (Å²) >= 11 is 0. The highest BCUT2D eigenvalue weighted by molar-refractivity contribution is 5.75. The van der Waals surface area contributed by atoms with Crippen LogP contribution < -0.4 is 5.32 Å². The number of ether oxygens (including phenoxy) is 1. The average Bonchev–Trinajstić information content (AvgIpc) is 2.99. The largest absolute Gasteiger partial charge is 0.379 e. The van der Waals surface area contributed by atoms with E-state index in [0.717, 1.165) is 44.8 Å². The molecule has 0 bridgehead atoms. The summed E-state index contributed by atoms with van der Waals surface area (Å²) in [5.74, 6) is 0.769. The quantitative estimate of drug-likeness (QED) is 0.822. The van der Waals surface area contributed by atoms with Crippen LogP contribution in [0.1, 0.15) is 38.1 Å². The van der Waals surface area contributed by atoms with Gasteiger partial charge in [-0.15, -0.1) is 0 Å². The molecule has 1 aliphatic rings. The van der Waals surface area contributed by atoms with Crippen molar-refractivity contribution in [2.45, 2.75) is 45.7 Å². The van der Waals surface area contributed by atoms with Crippen LogP contribution in [0.2, 0.25) is 0 Å². The molecule has 6 nitrogen and oxygen atoms in total. The van der Waals surface area contributed by atoms with Crippen LogP contribution in [-0.4, -0.2) is 48.3 Å². The summed E-state index contributed by atoms with van der Waals surface area (Å²) in [5.41, 5.74) is 0.917. The van der Waals surface area contributed by atoms with Crippen LogP contribution in [0.3, 0.4) is 0 Å². The predicted octanol–water partition coefficient (Wildman–Crippen LogP) is 1.35. The van der Waals surface area contributed by atoms with Gasteiger partial charge in [0.2, 0.25) is 5.91 Å². The summed E-state index contributed by atoms with van der Waals surface area (Å²) < 4.78 is 10.5. The number of aromatic nitrogens is 1. The smallest absolute Gasteiger partial charge is 0.220 e. The minimum atomic E-state index is 0.0598. The zero-order valence-electron chi connectivity index (χ0n) is 12.9. The summed E-state index contributed by atoms with van der Waals surface area (Å²) in [6.07, 6.45) is 2.24. The van der Waals surface area contributed by atoms with Crippen molar-refractivity contribution in [2.75, 3.05) is 26.3 Å². The van der Waals surface area contributed by atoms with Crippen molar-refractivity contribution in [1.29, 1.82) is 0 Å². The summed E-state index contributed by atoms with van der Waals surface area (Å²) in [6.45, 7) is 8.11. The number of nitrogens with zero attached hydrogens (tertiary/aromatic N) is 2. The van der Waals surface area contributed by atoms with E-state index in [2.05, 4.69) is 22.3 Å². The van der Waals surface area contributed by atoms with Crippen molar-refractivity contribution in [3.63, 3.8) is 0 Å². The van der Waals surface area contributed by atoms with Crippen LogP contribution in [-0.2, 0) is 22.5 Å². The molecule has 1 unspecified atom stereocenters. The van der Waals surface area contributed by atoms with E-state index >= 15 is 0 Å². The highest BCUT2D eigenvalue weighted by atomic mass is 16.5. The first kappa shape index (κ1) is 16.0. The normalized spacial score (nSPS) is 17.6. The molecule has 1 atom stereocenters. The number of carbonyl (C=O) groups excluding carboxylic acids is 1. The number of amides is 1. The molecular formula is C15H25N3O3. The van der Waals surface area contributed by atoms with Crippen LogP contribution in [0.15, 0.2) is 10.6 Å². The fourth-order valence-electron chi connectivity index (χ4n) is 2.42. The number of nitrogens with one attached hydrogen (secondary N) is 1. The molecule has 1 aliphatic heterocycles. The van der Waals surface area contributed by atoms with Gasteiger partial charge in [-0.2, -0.15) is 0 Å². The monoisotopic (exact) mass is 295 g/mol. The molecule has 1 aromatic heterocycles. The molecule has 1 saturated heterocycles. The lowest BCUT2D eigenvalue weighted by Gasteiger charge is -2.32. The first-order valence-electron chi connectivity index (χ1n) is 7.72. The number of morpholine rings is 1. The number of hydrogen-bond donors (Lipinski definition) is 1. The van der Waals surface area contributed by atoms with Gasteiger partial charge in [-0.05, 0) is 19.8 Å². The van der Waals surface area contributed by atoms with Gasteiger partial charge in [-0.1, -0.05) is 12.1 Å². The Morgan fingerprint density at radius 3 is 2.90 bits per heavy atom. The lowest BCUT2D eigenvalue weighted by Crippen LogP contribution is -2.42. The highest BCUT2D eigenvalue weighted by Gasteiger charge is 2.17. The lowest BCUT2D eigenvalue weighted by molar-refractivity contribution is -0.121. The second-order valence-electron chi connectivity index (χ2n) is 5.45. The Kier molecular flexibility index (Phi) is 6.20. The van der Waals surface area contributed by atoms with Crippen molar-refractivity contribution >= 4 is 5.91 Å². The van der Waals surface area contributed by atoms with Gasteiger partial charge < -0.3 is 14.6 Å². The van der Waals surface area contributed by atoms with E-state index in [9.17, 15) is 4.79 Å². The maximum atomic E-state index is 11.9. The first-order valence-corrected chi connectivity index (χ1v) is 7.72. The molecule has 21 heavy (non-hydrogen) atoms. The topological polar surface area (TPSA) is 67.6 Å². The molecule has 6 heteroatoms. The second-order valence-corrected chi connectivity index (χ2v) is 5.45. The molecule has 2 rings (SSSR count). The average molecular weight is 295 g/mol. The van der Waals surface area contributed by atoms with Crippen LogP contribution in [0.5, 0.6) is 0 Å². The van der Waals surface area contributed by atoms with Gasteiger partial charge in [0.15, 0.2) is 5.76 Å². The van der Waals surface area contributed by atoms with Gasteiger partial charge in [-0.25, -0.2) is 0 Å². The van der Waals surface area contributed by atoms with E-state index in [-0.39, 0.29) is 5.91 Å². The van der Waals surface area contributed by atoms with Crippen LogP contribution in [0.25, 0.3) is 0 Å². The number of carbonyl (C=O) groups is 1. The van der Waals surface area contributed by atoms with E-state index in [1.807, 2.05) is 13.0 Å². The number of aryl methyl sites for hydroxylation is 1. The third kappa shape index (κ3) is 5.13. The number of rotatable bonds is 7. The van der Waals surface area contributed by atoms with E-state index in [1.165, 1.54) is 0 Å². The van der Waals surface area contributed by atoms with Crippen molar-refractivity contribution < 1.29 is 14.1 Å². The Morgan fingerprint density at radius 1 is 1.48 bits per heavy atom.